The second-order valence-electron chi connectivity index (χ2n) is 7.48. The molecule has 0 unspecified atom stereocenters. The Morgan fingerprint density at radius 2 is 1.80 bits per heavy atom. The van der Waals surface area contributed by atoms with E-state index in [1.54, 1.807) is 18.6 Å². The zero-order valence-electron chi connectivity index (χ0n) is 16.2. The predicted molar refractivity (Wildman–Crippen MR) is 114 cm³/mol. The highest BCUT2D eigenvalue weighted by atomic mass is 15.2. The Kier molecular flexibility index (Phi) is 3.90. The van der Waals surface area contributed by atoms with E-state index >= 15 is 0 Å². The van der Waals surface area contributed by atoms with E-state index in [2.05, 4.69) is 40.0 Å². The van der Waals surface area contributed by atoms with E-state index in [9.17, 15) is 0 Å². The van der Waals surface area contributed by atoms with Crippen molar-refractivity contribution in [1.29, 1.82) is 0 Å². The summed E-state index contributed by atoms with van der Waals surface area (Å²) in [6.07, 6.45) is 12.3. The maximum atomic E-state index is 4.90. The third-order valence-electron chi connectivity index (χ3n) is 5.57. The van der Waals surface area contributed by atoms with E-state index in [1.165, 1.54) is 25.6 Å². The van der Waals surface area contributed by atoms with Crippen molar-refractivity contribution in [3.05, 3.63) is 43.2 Å². The van der Waals surface area contributed by atoms with Crippen LogP contribution in [-0.4, -0.2) is 53.2 Å². The van der Waals surface area contributed by atoms with E-state index in [1.807, 2.05) is 18.3 Å². The molecular formula is C21H19N9. The lowest BCUT2D eigenvalue weighted by atomic mass is 10.1. The molecule has 1 fully saturated rings. The minimum atomic E-state index is 0.712. The summed E-state index contributed by atoms with van der Waals surface area (Å²) in [7, 11) is 0. The number of piperidine rings is 1. The number of hydrogen-bond acceptors (Lipinski definition) is 7. The molecule has 6 heterocycles. The lowest BCUT2D eigenvalue weighted by Crippen LogP contribution is -2.30. The van der Waals surface area contributed by atoms with Crippen LogP contribution in [0.2, 0.25) is 0 Å². The van der Waals surface area contributed by atoms with Gasteiger partial charge in [-0.1, -0.05) is 0 Å². The van der Waals surface area contributed by atoms with Crippen LogP contribution < -0.4 is 4.90 Å². The smallest absolute Gasteiger partial charge is 0.159 e. The number of nitrogens with zero attached hydrogens (tertiary/aromatic N) is 7. The van der Waals surface area contributed by atoms with Gasteiger partial charge in [0.25, 0.3) is 0 Å². The number of aromatic nitrogens is 8. The average molecular weight is 397 g/mol. The molecule has 1 aliphatic rings. The molecular weight excluding hydrogens is 378 g/mol. The average Bonchev–Trinajstić information content (AvgIpc) is 3.43. The number of hydrogen-bond donors (Lipinski definition) is 2. The van der Waals surface area contributed by atoms with Crippen molar-refractivity contribution in [2.45, 2.75) is 19.3 Å². The van der Waals surface area contributed by atoms with Crippen molar-refractivity contribution in [2.75, 3.05) is 18.0 Å². The van der Waals surface area contributed by atoms with E-state index < -0.39 is 0 Å². The second-order valence-corrected chi connectivity index (χ2v) is 7.48. The van der Waals surface area contributed by atoms with Crippen LogP contribution in [0.15, 0.2) is 43.2 Å². The summed E-state index contributed by atoms with van der Waals surface area (Å²) in [6.45, 7) is 2.04. The van der Waals surface area contributed by atoms with Crippen LogP contribution in [0.4, 0.5) is 5.82 Å². The molecule has 30 heavy (non-hydrogen) atoms. The van der Waals surface area contributed by atoms with E-state index in [0.717, 1.165) is 57.8 Å². The van der Waals surface area contributed by atoms with Crippen LogP contribution in [0.5, 0.6) is 0 Å². The molecule has 2 N–H and O–H groups in total. The first kappa shape index (κ1) is 17.0. The van der Waals surface area contributed by atoms with E-state index in [-0.39, 0.29) is 0 Å². The van der Waals surface area contributed by atoms with Gasteiger partial charge in [0.05, 0.1) is 22.9 Å². The van der Waals surface area contributed by atoms with Gasteiger partial charge in [-0.05, 0) is 31.4 Å². The summed E-state index contributed by atoms with van der Waals surface area (Å²) < 4.78 is 0. The first-order chi connectivity index (χ1) is 14.9. The molecule has 0 amide bonds. The van der Waals surface area contributed by atoms with Gasteiger partial charge in [-0.25, -0.2) is 19.9 Å². The Morgan fingerprint density at radius 1 is 0.933 bits per heavy atom. The number of nitrogens with one attached hydrogen (secondary N) is 2. The lowest BCUT2D eigenvalue weighted by Gasteiger charge is -2.27. The predicted octanol–water partition coefficient (Wildman–Crippen LogP) is 3.34. The Bertz CT molecular complexity index is 1330. The molecule has 1 aliphatic heterocycles. The summed E-state index contributed by atoms with van der Waals surface area (Å²) in [5.41, 5.74) is 5.09. The Hall–Kier alpha value is -3.88. The first-order valence-corrected chi connectivity index (χ1v) is 10.1. The number of H-pyrrole nitrogens is 2. The molecule has 0 spiro atoms. The standard InChI is InChI=1S/C21H19N9/c1-2-6-30(7-3-1)21-19-15(4-5-24-21)26-20(27-19)18-14-8-16(13-9-22-12-23-10-13)25-11-17(14)28-29-18/h4-5,8-12H,1-3,6-7H2,(H,26,27)(H,28,29). The molecule has 1 saturated heterocycles. The maximum Gasteiger partial charge on any atom is 0.159 e. The third-order valence-corrected chi connectivity index (χ3v) is 5.57. The fraction of sp³-hybridized carbons (Fsp3) is 0.238. The quantitative estimate of drug-likeness (QED) is 0.480. The van der Waals surface area contributed by atoms with Crippen LogP contribution in [0.1, 0.15) is 19.3 Å². The fourth-order valence-corrected chi connectivity index (χ4v) is 4.06. The van der Waals surface area contributed by atoms with Crippen molar-refractivity contribution in [2.24, 2.45) is 0 Å². The highest BCUT2D eigenvalue weighted by Crippen LogP contribution is 2.31. The molecule has 6 rings (SSSR count). The molecule has 0 aliphatic carbocycles. The number of fused-ring (bicyclic) bond motifs is 2. The summed E-state index contributed by atoms with van der Waals surface area (Å²) in [6, 6.07) is 3.95. The van der Waals surface area contributed by atoms with Gasteiger partial charge in [0.15, 0.2) is 11.6 Å². The van der Waals surface area contributed by atoms with Crippen LogP contribution >= 0.6 is 0 Å². The first-order valence-electron chi connectivity index (χ1n) is 10.1. The second kappa shape index (κ2) is 6.87. The van der Waals surface area contributed by atoms with Crippen molar-refractivity contribution in [1.82, 2.24) is 40.1 Å². The van der Waals surface area contributed by atoms with E-state index in [4.69, 9.17) is 4.98 Å². The third kappa shape index (κ3) is 2.78. The van der Waals surface area contributed by atoms with Crippen molar-refractivity contribution >= 4 is 27.8 Å². The summed E-state index contributed by atoms with van der Waals surface area (Å²) in [5.74, 6) is 1.65. The molecule has 0 radical (unpaired) electrons. The molecule has 9 heteroatoms. The van der Waals surface area contributed by atoms with Gasteiger partial charge in [0.1, 0.15) is 17.5 Å². The lowest BCUT2D eigenvalue weighted by molar-refractivity contribution is 0.574. The fourth-order valence-electron chi connectivity index (χ4n) is 4.06. The van der Waals surface area contributed by atoms with Gasteiger partial charge < -0.3 is 9.88 Å². The van der Waals surface area contributed by atoms with Crippen LogP contribution in [0.25, 0.3) is 44.7 Å². The van der Waals surface area contributed by atoms with Gasteiger partial charge in [0.2, 0.25) is 0 Å². The molecule has 9 nitrogen and oxygen atoms in total. The van der Waals surface area contributed by atoms with E-state index in [0.29, 0.717) is 5.82 Å². The minimum absolute atomic E-state index is 0.712. The summed E-state index contributed by atoms with van der Waals surface area (Å²) in [5, 5.41) is 8.51. The molecule has 148 valence electrons. The van der Waals surface area contributed by atoms with Crippen molar-refractivity contribution in [3.8, 4) is 22.8 Å². The van der Waals surface area contributed by atoms with Gasteiger partial charge in [0, 0.05) is 42.6 Å². The normalized spacial score (nSPS) is 14.6. The number of aromatic amines is 2. The largest absolute Gasteiger partial charge is 0.355 e. The zero-order valence-corrected chi connectivity index (χ0v) is 16.2. The molecule has 0 atom stereocenters. The summed E-state index contributed by atoms with van der Waals surface area (Å²) >= 11 is 0. The number of imidazole rings is 1. The SMILES string of the molecule is c1ncc(-c2cc3c(-c4nc5c(N6CCCCC6)nccc5[nH]4)n[nH]c3cn2)cn1. The van der Waals surface area contributed by atoms with Gasteiger partial charge >= 0.3 is 0 Å². The number of anilines is 1. The topological polar surface area (TPSA) is 112 Å². The van der Waals surface area contributed by atoms with Crippen LogP contribution in [-0.2, 0) is 0 Å². The van der Waals surface area contributed by atoms with Crippen LogP contribution in [0.3, 0.4) is 0 Å². The zero-order chi connectivity index (χ0) is 19.9. The molecule has 0 aromatic carbocycles. The maximum absolute atomic E-state index is 4.90. The molecule has 5 aromatic rings. The molecule has 0 saturated carbocycles. The van der Waals surface area contributed by atoms with Crippen molar-refractivity contribution in [3.63, 3.8) is 0 Å². The Balaban J connectivity index is 1.47. The van der Waals surface area contributed by atoms with Crippen molar-refractivity contribution < 1.29 is 0 Å². The number of pyridine rings is 2. The Morgan fingerprint density at radius 3 is 2.67 bits per heavy atom. The van der Waals surface area contributed by atoms with Crippen LogP contribution in [0, 0.1) is 0 Å². The minimum Gasteiger partial charge on any atom is -0.355 e. The van der Waals surface area contributed by atoms with Gasteiger partial charge in [-0.3, -0.25) is 10.1 Å². The monoisotopic (exact) mass is 397 g/mol. The highest BCUT2D eigenvalue weighted by Gasteiger charge is 2.19. The molecule has 0 bridgehead atoms. The highest BCUT2D eigenvalue weighted by molar-refractivity contribution is 5.96. The molecule has 5 aromatic heterocycles. The Labute approximate surface area is 171 Å². The number of rotatable bonds is 3. The van der Waals surface area contributed by atoms with Gasteiger partial charge in [-0.15, -0.1) is 0 Å². The summed E-state index contributed by atoms with van der Waals surface area (Å²) in [4.78, 5) is 28.0. The van der Waals surface area contributed by atoms with Gasteiger partial charge in [-0.2, -0.15) is 5.10 Å².